The molecule has 0 radical (unpaired) electrons. The van der Waals surface area contributed by atoms with Gasteiger partial charge in [0.15, 0.2) is 0 Å². The Labute approximate surface area is 203 Å². The van der Waals surface area contributed by atoms with Crippen LogP contribution >= 0.6 is 31.7 Å². The summed E-state index contributed by atoms with van der Waals surface area (Å²) in [5.41, 5.74) is 5.33. The monoisotopic (exact) mass is 665 g/mol. The molecular formula is C23H49O2P4W+4. The van der Waals surface area contributed by atoms with Gasteiger partial charge in [-0.05, 0) is 31.7 Å². The van der Waals surface area contributed by atoms with E-state index in [0.717, 1.165) is 0 Å². The normalized spacial score (nSPS) is 9.80. The van der Waals surface area contributed by atoms with E-state index in [9.17, 15) is 0 Å². The van der Waals surface area contributed by atoms with Crippen LogP contribution in [0, 0.1) is 25.0 Å². The Bertz CT molecular complexity index is 542. The molecule has 0 amide bonds. The molecule has 0 aliphatic rings. The standard InChI is InChI=1S/C10H11.2C6H16P2.CH2O2.W/c1-7-5-8(2)10(4)9(3)6-7;2*1-7(2)5-6-8(3)4;2-1-3;/h5-6H,1-3H3;2*5-6H2,1-4H3;1H,(H,2,3);/p+4. The first-order valence-electron chi connectivity index (χ1n) is 10.5. The minimum atomic E-state index is -0.250. The molecular weight excluding hydrogens is 616 g/mol. The Morgan fingerprint density at radius 3 is 1.17 bits per heavy atom. The number of hydrogen-bond donors (Lipinski definition) is 1. The first-order valence-corrected chi connectivity index (χ1v) is 22.8. The fraction of sp³-hybridized carbons (Fsp3) is 0.652. The Hall–Kier alpha value is 0.878. The van der Waals surface area contributed by atoms with E-state index in [1.807, 2.05) is 0 Å². The van der Waals surface area contributed by atoms with Gasteiger partial charge in [-0.3, -0.25) is 4.79 Å². The average molecular weight is 665 g/mol. The summed E-state index contributed by atoms with van der Waals surface area (Å²) < 4.78 is 3.27. The molecule has 0 saturated carbocycles. The molecule has 7 heteroatoms. The number of carboxylic acid groups (broad SMARTS) is 1. The molecule has 0 heterocycles. The molecule has 0 saturated heterocycles. The van der Waals surface area contributed by atoms with Crippen molar-refractivity contribution < 1.29 is 29.1 Å². The number of benzene rings is 1. The third kappa shape index (κ3) is 26.9. The van der Waals surface area contributed by atoms with E-state index in [0.29, 0.717) is 0 Å². The van der Waals surface area contributed by atoms with Crippen LogP contribution in [0.4, 0.5) is 0 Å². The van der Waals surface area contributed by atoms with Crippen LogP contribution in [0.3, 0.4) is 0 Å². The zero-order valence-corrected chi connectivity index (χ0v) is 28.3. The van der Waals surface area contributed by atoms with Gasteiger partial charge in [-0.15, -0.1) is 0 Å². The van der Waals surface area contributed by atoms with Gasteiger partial charge in [0.2, 0.25) is 0 Å². The summed E-state index contributed by atoms with van der Waals surface area (Å²) in [6.45, 7) is 25.4. The second kappa shape index (κ2) is 23.1. The van der Waals surface area contributed by atoms with Crippen molar-refractivity contribution in [3.8, 4) is 4.20 Å². The van der Waals surface area contributed by atoms with Gasteiger partial charge in [-0.2, -0.15) is 0 Å². The van der Waals surface area contributed by atoms with Gasteiger partial charge in [-0.25, -0.2) is 0 Å². The number of hydrogen-bond acceptors (Lipinski definition) is 1. The predicted octanol–water partition coefficient (Wildman–Crippen LogP) is 6.03. The Balaban J connectivity index is -0.000000348. The van der Waals surface area contributed by atoms with E-state index in [-0.39, 0.29) is 38.2 Å². The molecule has 1 rings (SSSR count). The topological polar surface area (TPSA) is 37.3 Å². The van der Waals surface area contributed by atoms with E-state index in [2.05, 4.69) is 90.4 Å². The molecule has 0 aliphatic heterocycles. The summed E-state index contributed by atoms with van der Waals surface area (Å²) in [5.74, 6) is 0. The van der Waals surface area contributed by atoms with E-state index in [1.165, 1.54) is 66.1 Å². The second-order valence-electron chi connectivity index (χ2n) is 8.81. The Kier molecular flexibility index (Phi) is 27.3. The van der Waals surface area contributed by atoms with E-state index in [1.54, 1.807) is 0 Å². The van der Waals surface area contributed by atoms with Crippen molar-refractivity contribution >= 4 is 38.2 Å². The molecule has 1 aromatic rings. The number of carbonyl (C=O) groups is 1. The molecule has 2 nitrogen and oxygen atoms in total. The van der Waals surface area contributed by atoms with Gasteiger partial charge in [-0.1, -0.05) is 0 Å². The van der Waals surface area contributed by atoms with Gasteiger partial charge in [0, 0.05) is 53.3 Å². The molecule has 1 N–H and O–H groups in total. The molecule has 175 valence electrons. The molecule has 0 aliphatic carbocycles. The number of rotatable bonds is 6. The first-order chi connectivity index (χ1) is 13.8. The largest absolute Gasteiger partial charge is 0.483 e. The SMILES string of the molecule is C[PH+](C)CC[PH+](C)C.C[PH+](C)CC[PH+](C)C.Cc1cc(C)c([C]#[W])c(C)c1.O=CO. The van der Waals surface area contributed by atoms with Gasteiger partial charge in [0.05, 0.1) is 24.6 Å². The van der Waals surface area contributed by atoms with Crippen LogP contribution in [0.2, 0.25) is 0 Å². The van der Waals surface area contributed by atoms with Crippen molar-refractivity contribution in [3.05, 3.63) is 34.4 Å². The molecule has 0 fully saturated rings. The maximum Gasteiger partial charge on any atom is 0.290 e. The molecule has 0 bridgehead atoms. The first kappa shape index (κ1) is 35.5. The molecule has 0 atom stereocenters. The van der Waals surface area contributed by atoms with E-state index < -0.39 is 0 Å². The second-order valence-corrected chi connectivity index (χ2v) is 21.2. The molecule has 0 spiro atoms. The minimum Gasteiger partial charge on any atom is -0.483 e. The molecule has 0 aromatic heterocycles. The van der Waals surface area contributed by atoms with Crippen LogP contribution in [-0.2, 0) is 23.9 Å². The summed E-state index contributed by atoms with van der Waals surface area (Å²) in [4.78, 5) is 8.36. The van der Waals surface area contributed by atoms with Gasteiger partial charge in [0.25, 0.3) is 6.47 Å². The van der Waals surface area contributed by atoms with Crippen molar-refractivity contribution in [3.63, 3.8) is 0 Å². The van der Waals surface area contributed by atoms with Crippen molar-refractivity contribution in [2.24, 2.45) is 0 Å². The van der Waals surface area contributed by atoms with Crippen molar-refractivity contribution in [1.82, 2.24) is 0 Å². The van der Waals surface area contributed by atoms with Crippen LogP contribution < -0.4 is 0 Å². The molecule has 1 aromatic carbocycles. The summed E-state index contributed by atoms with van der Waals surface area (Å²) in [5, 5.41) is 6.89. The van der Waals surface area contributed by atoms with Crippen LogP contribution in [0.5, 0.6) is 0 Å². The zero-order valence-electron chi connectivity index (χ0n) is 21.3. The van der Waals surface area contributed by atoms with Crippen LogP contribution in [-0.4, -0.2) is 89.5 Å². The van der Waals surface area contributed by atoms with Crippen LogP contribution in [0.25, 0.3) is 0 Å². The maximum atomic E-state index is 8.36. The fourth-order valence-corrected chi connectivity index (χ4v) is 11.5. The summed E-state index contributed by atoms with van der Waals surface area (Å²) in [7, 11) is 0.383. The number of aryl methyl sites for hydroxylation is 3. The summed E-state index contributed by atoms with van der Waals surface area (Å²) in [6.07, 6.45) is 6.13. The third-order valence-corrected chi connectivity index (χ3v) is 10.8. The van der Waals surface area contributed by atoms with E-state index >= 15 is 0 Å². The third-order valence-electron chi connectivity index (χ3n) is 4.03. The summed E-state index contributed by atoms with van der Waals surface area (Å²) >= 11 is 1.40. The summed E-state index contributed by atoms with van der Waals surface area (Å²) in [6, 6.07) is 4.41. The molecule has 0 unspecified atom stereocenters. The fourth-order valence-electron chi connectivity index (χ4n) is 2.34. The zero-order chi connectivity index (χ0) is 24.3. The van der Waals surface area contributed by atoms with Crippen LogP contribution in [0.15, 0.2) is 12.1 Å². The Morgan fingerprint density at radius 2 is 1.00 bits per heavy atom. The minimum absolute atomic E-state index is 0.0957. The maximum absolute atomic E-state index is 8.36. The van der Waals surface area contributed by atoms with E-state index in [4.69, 9.17) is 9.90 Å². The molecule has 30 heavy (non-hydrogen) atoms. The average Bonchev–Trinajstić information content (AvgIpc) is 2.59. The van der Waals surface area contributed by atoms with Gasteiger partial charge in [0.1, 0.15) is 0 Å². The van der Waals surface area contributed by atoms with Crippen molar-refractivity contribution in [1.29, 1.82) is 0 Å². The van der Waals surface area contributed by atoms with Crippen LogP contribution in [0.1, 0.15) is 22.3 Å². The van der Waals surface area contributed by atoms with Gasteiger partial charge >= 0.3 is 78.5 Å². The van der Waals surface area contributed by atoms with Gasteiger partial charge < -0.3 is 5.11 Å². The predicted molar refractivity (Wildman–Crippen MR) is 152 cm³/mol. The Morgan fingerprint density at radius 1 is 0.767 bits per heavy atom. The quantitative estimate of drug-likeness (QED) is 0.298. The van der Waals surface area contributed by atoms with Crippen molar-refractivity contribution in [2.45, 2.75) is 20.8 Å². The van der Waals surface area contributed by atoms with Crippen molar-refractivity contribution in [2.75, 3.05) is 78.0 Å². The smallest absolute Gasteiger partial charge is 0.290 e.